The maximum absolute atomic E-state index is 11.9. The van der Waals surface area contributed by atoms with Gasteiger partial charge in [-0.15, -0.1) is 0 Å². The zero-order valence-corrected chi connectivity index (χ0v) is 11.5. The fraction of sp³-hybridized carbons (Fsp3) is 0.429. The number of hydrogen-bond donors (Lipinski definition) is 2. The van der Waals surface area contributed by atoms with Crippen molar-refractivity contribution in [2.75, 3.05) is 6.54 Å². The van der Waals surface area contributed by atoms with Crippen molar-refractivity contribution >= 4 is 11.9 Å². The van der Waals surface area contributed by atoms with Crippen LogP contribution in [0, 0.1) is 0 Å². The number of fused-ring (bicyclic) bond motifs is 1. The molecule has 2 rings (SSSR count). The van der Waals surface area contributed by atoms with Gasteiger partial charge in [0.15, 0.2) is 0 Å². The zero-order valence-electron chi connectivity index (χ0n) is 11.5. The Bertz CT molecular complexity index is 532. The summed E-state index contributed by atoms with van der Waals surface area (Å²) in [6.45, 7) is 0.644. The van der Waals surface area contributed by atoms with Crippen molar-refractivity contribution < 1.29 is 24.4 Å². The second kappa shape index (κ2) is 7.16. The summed E-state index contributed by atoms with van der Waals surface area (Å²) in [5.41, 5.74) is 12.3. The fourth-order valence-electron chi connectivity index (χ4n) is 2.28. The van der Waals surface area contributed by atoms with Crippen molar-refractivity contribution in [3.05, 3.63) is 34.9 Å². The van der Waals surface area contributed by atoms with E-state index < -0.39 is 11.9 Å². The molecule has 114 valence electrons. The molecule has 0 aliphatic carbocycles. The Hall–Kier alpha value is -1.96. The van der Waals surface area contributed by atoms with E-state index in [9.17, 15) is 9.59 Å². The van der Waals surface area contributed by atoms with Gasteiger partial charge in [-0.3, -0.25) is 9.78 Å². The smallest absolute Gasteiger partial charge is 0.330 e. The highest BCUT2D eigenvalue weighted by atomic mass is 17.5. The highest BCUT2D eigenvalue weighted by Gasteiger charge is 2.30. The minimum absolute atomic E-state index is 0.0902. The molecule has 21 heavy (non-hydrogen) atoms. The van der Waals surface area contributed by atoms with Gasteiger partial charge in [0, 0.05) is 11.1 Å². The first-order valence-electron chi connectivity index (χ1n) is 6.83. The van der Waals surface area contributed by atoms with Crippen molar-refractivity contribution in [2.45, 2.75) is 31.7 Å². The first kappa shape index (κ1) is 15.4. The number of unbranched alkanes of at least 4 members (excludes halogenated alkanes) is 2. The minimum Gasteiger partial charge on any atom is -0.330 e. The van der Waals surface area contributed by atoms with Crippen molar-refractivity contribution in [3.63, 3.8) is 0 Å². The number of hydrogen-bond acceptors (Lipinski definition) is 7. The van der Waals surface area contributed by atoms with Gasteiger partial charge in [-0.1, -0.05) is 25.0 Å². The van der Waals surface area contributed by atoms with Crippen LogP contribution < -0.4 is 11.5 Å². The molecule has 1 unspecified atom stereocenters. The molecule has 1 heterocycles. The molecule has 7 nitrogen and oxygen atoms in total. The summed E-state index contributed by atoms with van der Waals surface area (Å²) in [4.78, 5) is 32.3. The molecule has 1 aromatic rings. The Morgan fingerprint density at radius 3 is 2.57 bits per heavy atom. The molecule has 0 bridgehead atoms. The van der Waals surface area contributed by atoms with E-state index >= 15 is 0 Å². The largest absolute Gasteiger partial charge is 0.378 e. The van der Waals surface area contributed by atoms with E-state index in [4.69, 9.17) is 11.5 Å². The quantitative estimate of drug-likeness (QED) is 0.601. The summed E-state index contributed by atoms with van der Waals surface area (Å²) < 4.78 is 0. The average molecular weight is 294 g/mol. The lowest BCUT2D eigenvalue weighted by Gasteiger charge is -2.15. The molecule has 1 aliphatic rings. The van der Waals surface area contributed by atoms with Crippen LogP contribution >= 0.6 is 0 Å². The Balaban J connectivity index is 2.22. The minimum atomic E-state index is -0.788. The number of nitrogens with two attached hydrogens (primary N) is 2. The third-order valence-electron chi connectivity index (χ3n) is 3.36. The highest BCUT2D eigenvalue weighted by molar-refractivity contribution is 6.04. The molecule has 0 aromatic heterocycles. The lowest BCUT2D eigenvalue weighted by Crippen LogP contribution is -2.18. The van der Waals surface area contributed by atoms with E-state index in [2.05, 4.69) is 14.8 Å². The van der Waals surface area contributed by atoms with E-state index in [1.807, 2.05) is 0 Å². The van der Waals surface area contributed by atoms with Gasteiger partial charge in [0.2, 0.25) is 0 Å². The first-order chi connectivity index (χ1) is 10.1. The van der Waals surface area contributed by atoms with E-state index in [-0.39, 0.29) is 17.2 Å². The molecule has 0 spiro atoms. The van der Waals surface area contributed by atoms with Crippen LogP contribution in [0.2, 0.25) is 0 Å². The lowest BCUT2D eigenvalue weighted by atomic mass is 9.93. The van der Waals surface area contributed by atoms with Crippen LogP contribution in [0.4, 0.5) is 0 Å². The maximum Gasteiger partial charge on any atom is 0.378 e. The summed E-state index contributed by atoms with van der Waals surface area (Å²) in [5, 5.41) is 4.10. The monoisotopic (exact) mass is 294 g/mol. The van der Waals surface area contributed by atoms with Crippen LogP contribution in [0.25, 0.3) is 0 Å². The van der Waals surface area contributed by atoms with Crippen LogP contribution in [-0.2, 0) is 14.8 Å². The standard InChI is InChI=1S/C14H18N2O5/c15-8-3-1-2-7-11(16)9-5-4-6-10-12(9)14(18)20-21-19-13(10)17/h4-6,11H,1-3,7-8,15-16H2. The van der Waals surface area contributed by atoms with Gasteiger partial charge in [-0.2, -0.15) is 0 Å². The van der Waals surface area contributed by atoms with E-state index in [0.29, 0.717) is 18.5 Å². The number of rotatable bonds is 6. The Morgan fingerprint density at radius 1 is 1.05 bits per heavy atom. The van der Waals surface area contributed by atoms with Gasteiger partial charge in [-0.25, -0.2) is 9.59 Å². The zero-order chi connectivity index (χ0) is 15.2. The highest BCUT2D eigenvalue weighted by Crippen LogP contribution is 2.27. The van der Waals surface area contributed by atoms with E-state index in [1.165, 1.54) is 6.07 Å². The SMILES string of the molecule is NCCCCCC(N)c1cccc2c1C(=O)OOOC2=O. The maximum atomic E-state index is 11.9. The van der Waals surface area contributed by atoms with Gasteiger partial charge in [-0.05, 0) is 31.0 Å². The molecule has 0 saturated carbocycles. The molecule has 0 fully saturated rings. The number of benzene rings is 1. The third-order valence-corrected chi connectivity index (χ3v) is 3.36. The van der Waals surface area contributed by atoms with Crippen molar-refractivity contribution in [1.82, 2.24) is 0 Å². The van der Waals surface area contributed by atoms with Gasteiger partial charge >= 0.3 is 11.9 Å². The summed E-state index contributed by atoms with van der Waals surface area (Å²) in [7, 11) is 0. The molecule has 1 aromatic carbocycles. The molecule has 0 amide bonds. The molecular formula is C14H18N2O5. The van der Waals surface area contributed by atoms with Crippen LogP contribution in [0.5, 0.6) is 0 Å². The predicted octanol–water partition coefficient (Wildman–Crippen LogP) is 1.38. The summed E-state index contributed by atoms with van der Waals surface area (Å²) in [6, 6.07) is 4.44. The first-order valence-corrected chi connectivity index (χ1v) is 6.83. The van der Waals surface area contributed by atoms with E-state index in [1.54, 1.807) is 12.1 Å². The fourth-order valence-corrected chi connectivity index (χ4v) is 2.28. The summed E-state index contributed by atoms with van der Waals surface area (Å²) in [6.07, 6.45) is 3.47. The topological polar surface area (TPSA) is 114 Å². The number of carbonyl (C=O) groups is 2. The molecule has 1 aliphatic heterocycles. The lowest BCUT2D eigenvalue weighted by molar-refractivity contribution is -0.444. The summed E-state index contributed by atoms with van der Waals surface area (Å²) in [5.74, 6) is -1.57. The van der Waals surface area contributed by atoms with Gasteiger partial charge < -0.3 is 11.5 Å². The van der Waals surface area contributed by atoms with Crippen LogP contribution in [0.1, 0.15) is 58.0 Å². The normalized spacial score (nSPS) is 15.7. The average Bonchev–Trinajstić information content (AvgIpc) is 2.63. The van der Waals surface area contributed by atoms with Crippen molar-refractivity contribution in [3.8, 4) is 0 Å². The molecule has 0 saturated heterocycles. The Kier molecular flexibility index (Phi) is 5.26. The van der Waals surface area contributed by atoms with Crippen LogP contribution in [0.15, 0.2) is 18.2 Å². The molecular weight excluding hydrogens is 276 g/mol. The second-order valence-corrected chi connectivity index (χ2v) is 4.82. The van der Waals surface area contributed by atoms with Crippen LogP contribution in [0.3, 0.4) is 0 Å². The van der Waals surface area contributed by atoms with E-state index in [0.717, 1.165) is 19.3 Å². The molecule has 1 atom stereocenters. The van der Waals surface area contributed by atoms with Crippen molar-refractivity contribution in [2.24, 2.45) is 11.5 Å². The Labute approximate surface area is 122 Å². The second-order valence-electron chi connectivity index (χ2n) is 4.82. The van der Waals surface area contributed by atoms with Gasteiger partial charge in [0.05, 0.1) is 11.1 Å². The third kappa shape index (κ3) is 3.57. The molecule has 4 N–H and O–H groups in total. The molecule has 0 radical (unpaired) electrons. The number of carbonyl (C=O) groups excluding carboxylic acids is 2. The van der Waals surface area contributed by atoms with Crippen LogP contribution in [-0.4, -0.2) is 18.5 Å². The molecule has 7 heteroatoms. The van der Waals surface area contributed by atoms with Crippen molar-refractivity contribution in [1.29, 1.82) is 0 Å². The van der Waals surface area contributed by atoms with Gasteiger partial charge in [0.25, 0.3) is 0 Å². The Morgan fingerprint density at radius 2 is 1.81 bits per heavy atom. The summed E-state index contributed by atoms with van der Waals surface area (Å²) >= 11 is 0. The predicted molar refractivity (Wildman–Crippen MR) is 72.8 cm³/mol. The van der Waals surface area contributed by atoms with Gasteiger partial charge in [0.1, 0.15) is 0 Å².